The van der Waals surface area contributed by atoms with Gasteiger partial charge in [0.2, 0.25) is 0 Å². The van der Waals surface area contributed by atoms with E-state index < -0.39 is 18.1 Å². The lowest BCUT2D eigenvalue weighted by molar-refractivity contribution is -0.151. The van der Waals surface area contributed by atoms with Gasteiger partial charge in [0, 0.05) is 5.33 Å². The smallest absolute Gasteiger partial charge is 0.412 e. The van der Waals surface area contributed by atoms with Crippen molar-refractivity contribution in [2.24, 2.45) is 0 Å². The molecule has 1 aliphatic carbocycles. The number of allylic oxidation sites excluding steroid dienone is 1. The van der Waals surface area contributed by atoms with Crippen LogP contribution in [0.1, 0.15) is 39.0 Å². The lowest BCUT2D eigenvalue weighted by atomic mass is 10.2. The van der Waals surface area contributed by atoms with Crippen molar-refractivity contribution < 1.29 is 19.1 Å². The van der Waals surface area contributed by atoms with Crippen LogP contribution in [-0.4, -0.2) is 29.5 Å². The maximum absolute atomic E-state index is 12.0. The van der Waals surface area contributed by atoms with E-state index in [-0.39, 0.29) is 11.9 Å². The summed E-state index contributed by atoms with van der Waals surface area (Å²) in [6.07, 6.45) is 3.76. The Bertz CT molecular complexity index is 340. The van der Waals surface area contributed by atoms with E-state index in [1.165, 1.54) is 0 Å². The summed E-state index contributed by atoms with van der Waals surface area (Å²) >= 11 is 3.25. The van der Waals surface area contributed by atoms with E-state index in [0.29, 0.717) is 11.8 Å². The van der Waals surface area contributed by atoms with E-state index in [1.54, 1.807) is 6.92 Å². The Morgan fingerprint density at radius 3 is 2.58 bits per heavy atom. The molecule has 0 heterocycles. The van der Waals surface area contributed by atoms with Gasteiger partial charge in [-0.15, -0.1) is 0 Å². The van der Waals surface area contributed by atoms with Crippen LogP contribution in [-0.2, 0) is 14.3 Å². The molecule has 1 fully saturated rings. The number of alkyl carbamates (subject to hydrolysis) is 1. The zero-order valence-corrected chi connectivity index (χ0v) is 12.7. The molecule has 1 saturated carbocycles. The second kappa shape index (κ2) is 8.19. The standard InChI is InChI=1S/C13H20BrNO4/c1-9(2)18-13(17)15-11(7-8-14)12(16)19-10-5-3-4-6-10/h10-11H,1,3-8H2,2H3,(H,15,17)/t11-/m0/s1. The molecule has 0 aromatic rings. The van der Waals surface area contributed by atoms with Gasteiger partial charge in [-0.25, -0.2) is 9.59 Å². The van der Waals surface area contributed by atoms with Gasteiger partial charge in [0.15, 0.2) is 0 Å². The van der Waals surface area contributed by atoms with Crippen LogP contribution in [0.25, 0.3) is 0 Å². The fraction of sp³-hybridized carbons (Fsp3) is 0.692. The molecule has 1 amide bonds. The Balaban J connectivity index is 2.47. The van der Waals surface area contributed by atoms with Gasteiger partial charge in [-0.05, 0) is 39.0 Å². The highest BCUT2D eigenvalue weighted by atomic mass is 79.9. The minimum Gasteiger partial charge on any atom is -0.461 e. The van der Waals surface area contributed by atoms with Gasteiger partial charge in [0.1, 0.15) is 12.1 Å². The second-order valence-corrected chi connectivity index (χ2v) is 5.40. The number of amides is 1. The van der Waals surface area contributed by atoms with Gasteiger partial charge in [0.25, 0.3) is 0 Å². The zero-order chi connectivity index (χ0) is 14.3. The predicted octanol–water partition coefficient (Wildman–Crippen LogP) is 2.89. The molecule has 108 valence electrons. The number of rotatable bonds is 6. The van der Waals surface area contributed by atoms with Crippen molar-refractivity contribution in [3.05, 3.63) is 12.3 Å². The summed E-state index contributed by atoms with van der Waals surface area (Å²) in [5.74, 6) is -0.121. The van der Waals surface area contributed by atoms with Crippen LogP contribution >= 0.6 is 15.9 Å². The van der Waals surface area contributed by atoms with Gasteiger partial charge >= 0.3 is 12.1 Å². The molecule has 6 heteroatoms. The number of nitrogens with one attached hydrogen (secondary N) is 1. The molecule has 0 unspecified atom stereocenters. The number of carbonyl (C=O) groups is 2. The topological polar surface area (TPSA) is 64.6 Å². The Kier molecular flexibility index (Phi) is 6.91. The fourth-order valence-corrected chi connectivity index (χ4v) is 2.40. The first-order chi connectivity index (χ1) is 9.02. The van der Waals surface area contributed by atoms with Crippen LogP contribution in [0.2, 0.25) is 0 Å². The van der Waals surface area contributed by atoms with Crippen molar-refractivity contribution in [3.8, 4) is 0 Å². The molecule has 0 spiro atoms. The average molecular weight is 334 g/mol. The molecule has 1 atom stereocenters. The summed E-state index contributed by atoms with van der Waals surface area (Å²) in [5.41, 5.74) is 0. The van der Waals surface area contributed by atoms with Gasteiger partial charge in [-0.2, -0.15) is 0 Å². The summed E-state index contributed by atoms with van der Waals surface area (Å²) in [7, 11) is 0. The summed E-state index contributed by atoms with van der Waals surface area (Å²) in [5, 5.41) is 3.08. The van der Waals surface area contributed by atoms with Gasteiger partial charge in [0.05, 0.1) is 5.76 Å². The van der Waals surface area contributed by atoms with Crippen molar-refractivity contribution in [2.45, 2.75) is 51.2 Å². The molecule has 1 N–H and O–H groups in total. The summed E-state index contributed by atoms with van der Waals surface area (Å²) in [6.45, 7) is 5.03. The molecule has 0 bridgehead atoms. The first kappa shape index (κ1) is 16.0. The van der Waals surface area contributed by atoms with Crippen molar-refractivity contribution in [1.82, 2.24) is 5.32 Å². The average Bonchev–Trinajstić information content (AvgIpc) is 2.80. The number of ether oxygens (including phenoxy) is 2. The van der Waals surface area contributed by atoms with Crippen LogP contribution in [0.4, 0.5) is 4.79 Å². The van der Waals surface area contributed by atoms with Crippen molar-refractivity contribution in [2.75, 3.05) is 5.33 Å². The molecule has 0 radical (unpaired) electrons. The molecular formula is C13H20BrNO4. The number of esters is 1. The number of hydrogen-bond acceptors (Lipinski definition) is 4. The first-order valence-corrected chi connectivity index (χ1v) is 7.55. The third-order valence-electron chi connectivity index (χ3n) is 2.83. The van der Waals surface area contributed by atoms with E-state index in [4.69, 9.17) is 9.47 Å². The van der Waals surface area contributed by atoms with E-state index >= 15 is 0 Å². The SMILES string of the molecule is C=C(C)OC(=O)N[C@@H](CCBr)C(=O)OC1CCCC1. The molecular weight excluding hydrogens is 314 g/mol. The number of hydrogen-bond donors (Lipinski definition) is 1. The monoisotopic (exact) mass is 333 g/mol. The minimum absolute atomic E-state index is 0.00992. The Labute approximate surface area is 121 Å². The highest BCUT2D eigenvalue weighted by Crippen LogP contribution is 2.21. The quantitative estimate of drug-likeness (QED) is 0.461. The van der Waals surface area contributed by atoms with Crippen molar-refractivity contribution >= 4 is 28.0 Å². The van der Waals surface area contributed by atoms with Gasteiger partial charge in [-0.3, -0.25) is 0 Å². The van der Waals surface area contributed by atoms with E-state index in [9.17, 15) is 9.59 Å². The zero-order valence-electron chi connectivity index (χ0n) is 11.1. The highest BCUT2D eigenvalue weighted by molar-refractivity contribution is 9.09. The maximum Gasteiger partial charge on any atom is 0.412 e. The Morgan fingerprint density at radius 1 is 1.42 bits per heavy atom. The first-order valence-electron chi connectivity index (χ1n) is 6.43. The normalized spacial score (nSPS) is 16.7. The summed E-state index contributed by atoms with van der Waals surface area (Å²) in [4.78, 5) is 23.4. The van der Waals surface area contributed by atoms with Crippen LogP contribution in [0.5, 0.6) is 0 Å². The lowest BCUT2D eigenvalue weighted by Crippen LogP contribution is -2.43. The summed E-state index contributed by atoms with van der Waals surface area (Å²) in [6, 6.07) is -0.688. The molecule has 5 nitrogen and oxygen atoms in total. The summed E-state index contributed by atoms with van der Waals surface area (Å²) < 4.78 is 10.2. The molecule has 0 saturated heterocycles. The number of alkyl halides is 1. The molecule has 1 aliphatic rings. The minimum atomic E-state index is -0.688. The van der Waals surface area contributed by atoms with Crippen molar-refractivity contribution in [3.63, 3.8) is 0 Å². The third kappa shape index (κ3) is 6.09. The number of halogens is 1. The van der Waals surface area contributed by atoms with Gasteiger partial charge < -0.3 is 14.8 Å². The van der Waals surface area contributed by atoms with E-state index in [2.05, 4.69) is 27.8 Å². The molecule has 19 heavy (non-hydrogen) atoms. The molecule has 1 rings (SSSR count). The number of carbonyl (C=O) groups excluding carboxylic acids is 2. The van der Waals surface area contributed by atoms with Crippen LogP contribution in [0.15, 0.2) is 12.3 Å². The lowest BCUT2D eigenvalue weighted by Gasteiger charge is -2.19. The highest BCUT2D eigenvalue weighted by Gasteiger charge is 2.26. The van der Waals surface area contributed by atoms with Crippen LogP contribution in [0, 0.1) is 0 Å². The molecule has 0 aromatic heterocycles. The fourth-order valence-electron chi connectivity index (χ4n) is 1.94. The van der Waals surface area contributed by atoms with Crippen molar-refractivity contribution in [1.29, 1.82) is 0 Å². The predicted molar refractivity (Wildman–Crippen MR) is 75.0 cm³/mol. The largest absolute Gasteiger partial charge is 0.461 e. The van der Waals surface area contributed by atoms with Crippen LogP contribution < -0.4 is 5.32 Å². The Morgan fingerprint density at radius 2 is 2.05 bits per heavy atom. The van der Waals surface area contributed by atoms with Crippen LogP contribution in [0.3, 0.4) is 0 Å². The Hall–Kier alpha value is -1.04. The maximum atomic E-state index is 12.0. The second-order valence-electron chi connectivity index (χ2n) is 4.61. The van der Waals surface area contributed by atoms with E-state index in [0.717, 1.165) is 25.7 Å². The molecule has 0 aromatic carbocycles. The van der Waals surface area contributed by atoms with Gasteiger partial charge in [-0.1, -0.05) is 22.5 Å². The van der Waals surface area contributed by atoms with E-state index in [1.807, 2.05) is 0 Å². The molecule has 0 aliphatic heterocycles. The third-order valence-corrected chi connectivity index (χ3v) is 3.28.